The normalized spacial score (nSPS) is 9.20. The Bertz CT molecular complexity index is 240. The monoisotopic (exact) mass is 155 g/mol. The number of carbonyl (C=O) groups excluding carboxylic acids is 1. The zero-order valence-electron chi connectivity index (χ0n) is 5.02. The first-order chi connectivity index (χ1) is 4.83. The lowest BCUT2D eigenvalue weighted by Crippen LogP contribution is -1.92. The van der Waals surface area contributed by atoms with Crippen LogP contribution in [0.25, 0.3) is 0 Å². The molecule has 0 aromatic carbocycles. The van der Waals surface area contributed by atoms with E-state index in [4.69, 9.17) is 5.73 Å². The summed E-state index contributed by atoms with van der Waals surface area (Å²) < 4.78 is 0. The molecule has 0 radical (unpaired) electrons. The van der Waals surface area contributed by atoms with Gasteiger partial charge in [-0.15, -0.1) is 0 Å². The molecule has 10 heavy (non-hydrogen) atoms. The molecular formula is C5H5N3OS. The number of thioether (sulfide) groups is 1. The van der Waals surface area contributed by atoms with E-state index >= 15 is 0 Å². The molecule has 0 bridgehead atoms. The lowest BCUT2D eigenvalue weighted by Gasteiger charge is -1.92. The number of hydrogen-bond donors (Lipinski definition) is 1. The number of nitrogen functional groups attached to an aromatic ring is 1. The van der Waals surface area contributed by atoms with Gasteiger partial charge in [-0.3, -0.25) is 4.79 Å². The van der Waals surface area contributed by atoms with Crippen LogP contribution in [0.5, 0.6) is 0 Å². The van der Waals surface area contributed by atoms with E-state index in [9.17, 15) is 4.79 Å². The highest BCUT2D eigenvalue weighted by molar-refractivity contribution is 8.11. The quantitative estimate of drug-likeness (QED) is 0.379. The van der Waals surface area contributed by atoms with Crippen LogP contribution < -0.4 is 5.73 Å². The van der Waals surface area contributed by atoms with Crippen molar-refractivity contribution in [2.24, 2.45) is 0 Å². The molecule has 1 rings (SSSR count). The second-order valence-electron chi connectivity index (χ2n) is 1.48. The predicted molar refractivity (Wildman–Crippen MR) is 39.1 cm³/mol. The number of carbonyl (C=O) groups is 1. The Balaban J connectivity index is 2.84. The van der Waals surface area contributed by atoms with Gasteiger partial charge in [0.25, 0.3) is 0 Å². The minimum atomic E-state index is 0.374. The van der Waals surface area contributed by atoms with Crippen LogP contribution in [0.2, 0.25) is 0 Å². The van der Waals surface area contributed by atoms with Crippen LogP contribution >= 0.6 is 11.8 Å². The van der Waals surface area contributed by atoms with E-state index in [-0.39, 0.29) is 0 Å². The molecule has 0 fully saturated rings. The summed E-state index contributed by atoms with van der Waals surface area (Å²) in [5.74, 6) is 0.374. The number of hydrogen-bond acceptors (Lipinski definition) is 5. The number of nitrogens with two attached hydrogens (primary N) is 1. The predicted octanol–water partition coefficient (Wildman–Crippen LogP) is 0.341. The van der Waals surface area contributed by atoms with Crippen molar-refractivity contribution in [3.05, 3.63) is 12.3 Å². The molecular weight excluding hydrogens is 150 g/mol. The van der Waals surface area contributed by atoms with E-state index in [1.54, 1.807) is 6.07 Å². The molecule has 0 aliphatic rings. The van der Waals surface area contributed by atoms with Crippen LogP contribution in [-0.2, 0) is 4.79 Å². The standard InChI is InChI=1S/C5H5N3OS/c6-4-1-2-7-5(8-4)10-3-9/h1-3H,(H2,6,7,8). The van der Waals surface area contributed by atoms with Gasteiger partial charge in [-0.05, 0) is 17.8 Å². The molecule has 4 nitrogen and oxygen atoms in total. The fourth-order valence-electron chi connectivity index (χ4n) is 0.454. The van der Waals surface area contributed by atoms with Crippen LogP contribution in [0.15, 0.2) is 17.4 Å². The SMILES string of the molecule is Nc1ccnc(SC=O)n1. The maximum absolute atomic E-state index is 9.93. The smallest absolute Gasteiger partial charge is 0.196 e. The fourth-order valence-corrected chi connectivity index (χ4v) is 0.820. The molecule has 1 aromatic heterocycles. The zero-order chi connectivity index (χ0) is 7.40. The van der Waals surface area contributed by atoms with E-state index in [1.807, 2.05) is 0 Å². The average Bonchev–Trinajstić information content (AvgIpc) is 1.88. The van der Waals surface area contributed by atoms with Gasteiger partial charge >= 0.3 is 0 Å². The minimum absolute atomic E-state index is 0.374. The van der Waals surface area contributed by atoms with Crippen LogP contribution in [0, 0.1) is 0 Å². The van der Waals surface area contributed by atoms with Gasteiger partial charge < -0.3 is 5.73 Å². The Morgan fingerprint density at radius 1 is 1.70 bits per heavy atom. The van der Waals surface area contributed by atoms with Crippen molar-refractivity contribution < 1.29 is 4.79 Å². The van der Waals surface area contributed by atoms with Gasteiger partial charge in [-0.1, -0.05) is 0 Å². The van der Waals surface area contributed by atoms with Crippen molar-refractivity contribution in [3.8, 4) is 0 Å². The molecule has 0 spiro atoms. The average molecular weight is 155 g/mol. The highest BCUT2D eigenvalue weighted by atomic mass is 32.2. The third-order valence-electron chi connectivity index (χ3n) is 0.809. The largest absolute Gasteiger partial charge is 0.384 e. The molecule has 0 saturated heterocycles. The van der Waals surface area contributed by atoms with Crippen molar-refractivity contribution >= 4 is 23.2 Å². The molecule has 52 valence electrons. The topological polar surface area (TPSA) is 68.9 Å². The van der Waals surface area contributed by atoms with Gasteiger partial charge in [-0.25, -0.2) is 9.97 Å². The molecule has 0 aliphatic heterocycles. The van der Waals surface area contributed by atoms with Gasteiger partial charge in [0, 0.05) is 6.20 Å². The van der Waals surface area contributed by atoms with Crippen molar-refractivity contribution in [1.29, 1.82) is 0 Å². The van der Waals surface area contributed by atoms with Crippen molar-refractivity contribution in [2.75, 3.05) is 5.73 Å². The second kappa shape index (κ2) is 3.17. The third kappa shape index (κ3) is 1.70. The fraction of sp³-hybridized carbons (Fsp3) is 0. The lowest BCUT2D eigenvalue weighted by atomic mass is 10.6. The van der Waals surface area contributed by atoms with E-state index in [0.29, 0.717) is 16.6 Å². The van der Waals surface area contributed by atoms with Crippen LogP contribution in [0.4, 0.5) is 5.82 Å². The highest BCUT2D eigenvalue weighted by Crippen LogP contribution is 2.08. The summed E-state index contributed by atoms with van der Waals surface area (Å²) in [5.41, 5.74) is 5.97. The Morgan fingerprint density at radius 2 is 2.50 bits per heavy atom. The van der Waals surface area contributed by atoms with Crippen LogP contribution in [0.1, 0.15) is 0 Å². The number of aromatic nitrogens is 2. The van der Waals surface area contributed by atoms with E-state index in [1.165, 1.54) is 6.20 Å². The summed E-state index contributed by atoms with van der Waals surface area (Å²) in [6.45, 7) is 0. The van der Waals surface area contributed by atoms with Crippen molar-refractivity contribution in [2.45, 2.75) is 5.16 Å². The van der Waals surface area contributed by atoms with E-state index < -0.39 is 0 Å². The molecule has 0 atom stereocenters. The molecule has 0 aliphatic carbocycles. The van der Waals surface area contributed by atoms with Gasteiger partial charge in [-0.2, -0.15) is 0 Å². The van der Waals surface area contributed by atoms with Crippen molar-refractivity contribution in [1.82, 2.24) is 9.97 Å². The maximum atomic E-state index is 9.93. The Hall–Kier alpha value is -1.10. The highest BCUT2D eigenvalue weighted by Gasteiger charge is 1.93. The number of nitrogens with zero attached hydrogens (tertiary/aromatic N) is 2. The summed E-state index contributed by atoms with van der Waals surface area (Å²) in [7, 11) is 0. The maximum Gasteiger partial charge on any atom is 0.196 e. The summed E-state index contributed by atoms with van der Waals surface area (Å²) in [6.07, 6.45) is 1.51. The first-order valence-electron chi connectivity index (χ1n) is 2.52. The molecule has 0 saturated carbocycles. The third-order valence-corrected chi connectivity index (χ3v) is 1.31. The van der Waals surface area contributed by atoms with Gasteiger partial charge in [0.2, 0.25) is 0 Å². The summed E-state index contributed by atoms with van der Waals surface area (Å²) in [4.78, 5) is 17.5. The molecule has 1 aromatic rings. The van der Waals surface area contributed by atoms with Crippen LogP contribution in [-0.4, -0.2) is 15.6 Å². The van der Waals surface area contributed by atoms with Gasteiger partial charge in [0.15, 0.2) is 10.8 Å². The molecule has 0 amide bonds. The Morgan fingerprint density at radius 3 is 3.10 bits per heavy atom. The Labute approximate surface area is 61.9 Å². The van der Waals surface area contributed by atoms with Gasteiger partial charge in [0.1, 0.15) is 5.82 Å². The molecule has 2 N–H and O–H groups in total. The first kappa shape index (κ1) is 7.01. The summed E-state index contributed by atoms with van der Waals surface area (Å²) in [5, 5.41) is 0.384. The molecule has 1 heterocycles. The van der Waals surface area contributed by atoms with Crippen molar-refractivity contribution in [3.63, 3.8) is 0 Å². The number of rotatable bonds is 2. The summed E-state index contributed by atoms with van der Waals surface area (Å²) in [6, 6.07) is 1.56. The zero-order valence-corrected chi connectivity index (χ0v) is 5.84. The molecule has 0 unspecified atom stereocenters. The van der Waals surface area contributed by atoms with E-state index in [0.717, 1.165) is 11.8 Å². The summed E-state index contributed by atoms with van der Waals surface area (Å²) >= 11 is 0.907. The van der Waals surface area contributed by atoms with E-state index in [2.05, 4.69) is 9.97 Å². The molecule has 5 heteroatoms. The number of anilines is 1. The minimum Gasteiger partial charge on any atom is -0.384 e. The van der Waals surface area contributed by atoms with Gasteiger partial charge in [0.05, 0.1) is 0 Å². The second-order valence-corrected chi connectivity index (χ2v) is 2.27. The van der Waals surface area contributed by atoms with Crippen LogP contribution in [0.3, 0.4) is 0 Å². The Kier molecular flexibility index (Phi) is 2.22. The lowest BCUT2D eigenvalue weighted by molar-refractivity contribution is 0.570. The first-order valence-corrected chi connectivity index (χ1v) is 3.39.